The van der Waals surface area contributed by atoms with Crippen molar-refractivity contribution in [3.63, 3.8) is 0 Å². The van der Waals surface area contributed by atoms with Crippen LogP contribution < -0.4 is 0 Å². The van der Waals surface area contributed by atoms with Crippen LogP contribution in [0.5, 0.6) is 0 Å². The molecule has 65 heavy (non-hydrogen) atoms. The summed E-state index contributed by atoms with van der Waals surface area (Å²) in [5.74, 6) is -0.876. The number of hydrogen-bond donors (Lipinski definition) is 0. The summed E-state index contributed by atoms with van der Waals surface area (Å²) >= 11 is 0. The highest BCUT2D eigenvalue weighted by Gasteiger charge is 2.19. The molecule has 0 amide bonds. The summed E-state index contributed by atoms with van der Waals surface area (Å²) in [5.41, 5.74) is 0. The molecule has 0 aromatic carbocycles. The van der Waals surface area contributed by atoms with E-state index in [2.05, 4.69) is 81.5 Å². The van der Waals surface area contributed by atoms with Gasteiger partial charge in [0.05, 0.1) is 0 Å². The van der Waals surface area contributed by atoms with E-state index >= 15 is 0 Å². The fourth-order valence-electron chi connectivity index (χ4n) is 7.88. The highest BCUT2D eigenvalue weighted by molar-refractivity contribution is 5.71. The smallest absolute Gasteiger partial charge is 0.306 e. The molecule has 0 bridgehead atoms. The summed E-state index contributed by atoms with van der Waals surface area (Å²) < 4.78 is 16.8. The number of allylic oxidation sites excluding steroid dienone is 10. The Kier molecular flexibility index (Phi) is 51.3. The summed E-state index contributed by atoms with van der Waals surface area (Å²) in [5, 5.41) is 0. The molecule has 0 aliphatic carbocycles. The van der Waals surface area contributed by atoms with Crippen molar-refractivity contribution in [1.82, 2.24) is 0 Å². The predicted octanol–water partition coefficient (Wildman–Crippen LogP) is 18.4. The van der Waals surface area contributed by atoms with E-state index in [0.29, 0.717) is 19.3 Å². The van der Waals surface area contributed by atoms with Crippen LogP contribution in [0.15, 0.2) is 60.8 Å². The van der Waals surface area contributed by atoms with Crippen molar-refractivity contribution in [3.05, 3.63) is 60.8 Å². The molecule has 1 unspecified atom stereocenters. The van der Waals surface area contributed by atoms with Crippen LogP contribution in [0.25, 0.3) is 0 Å². The third-order valence-corrected chi connectivity index (χ3v) is 12.0. The largest absolute Gasteiger partial charge is 0.462 e. The van der Waals surface area contributed by atoms with Crippen LogP contribution in [-0.2, 0) is 28.6 Å². The Morgan fingerprint density at radius 3 is 0.938 bits per heavy atom. The molecule has 0 saturated heterocycles. The second kappa shape index (κ2) is 53.7. The zero-order valence-corrected chi connectivity index (χ0v) is 43.0. The van der Waals surface area contributed by atoms with E-state index < -0.39 is 6.10 Å². The van der Waals surface area contributed by atoms with Gasteiger partial charge in [-0.2, -0.15) is 0 Å². The maximum Gasteiger partial charge on any atom is 0.306 e. The Morgan fingerprint density at radius 1 is 0.323 bits per heavy atom. The van der Waals surface area contributed by atoms with Crippen molar-refractivity contribution < 1.29 is 28.6 Å². The maximum atomic E-state index is 12.8. The minimum atomic E-state index is -0.774. The van der Waals surface area contributed by atoms with E-state index in [1.165, 1.54) is 141 Å². The van der Waals surface area contributed by atoms with Gasteiger partial charge in [-0.05, 0) is 64.2 Å². The Morgan fingerprint density at radius 2 is 0.600 bits per heavy atom. The van der Waals surface area contributed by atoms with Crippen molar-refractivity contribution in [2.45, 2.75) is 284 Å². The van der Waals surface area contributed by atoms with Crippen molar-refractivity contribution >= 4 is 17.9 Å². The SMILES string of the molecule is CC/C=C\C/C=C\C/C=C\C/C=C\C/C=C\CCCCCCCCCC(=O)OCC(COC(=O)CCCCCCCCCCCCC)OC(=O)CCCCCCCCCCCCCCC. The minimum Gasteiger partial charge on any atom is -0.462 e. The topological polar surface area (TPSA) is 78.9 Å². The van der Waals surface area contributed by atoms with Crippen LogP contribution in [-0.4, -0.2) is 37.2 Å². The van der Waals surface area contributed by atoms with E-state index in [9.17, 15) is 14.4 Å². The van der Waals surface area contributed by atoms with Gasteiger partial charge in [0, 0.05) is 19.3 Å². The number of esters is 3. The lowest BCUT2D eigenvalue weighted by atomic mass is 10.0. The van der Waals surface area contributed by atoms with Gasteiger partial charge in [0.15, 0.2) is 6.10 Å². The monoisotopic (exact) mass is 909 g/mol. The lowest BCUT2D eigenvalue weighted by Crippen LogP contribution is -2.30. The molecule has 0 rings (SSSR count). The number of carbonyl (C=O) groups is 3. The van der Waals surface area contributed by atoms with Crippen molar-refractivity contribution in [3.8, 4) is 0 Å². The van der Waals surface area contributed by atoms with E-state index in [-0.39, 0.29) is 31.1 Å². The first kappa shape index (κ1) is 62.1. The average molecular weight is 909 g/mol. The molecule has 0 spiro atoms. The second-order valence-corrected chi connectivity index (χ2v) is 18.5. The molecule has 1 atom stereocenters. The average Bonchev–Trinajstić information content (AvgIpc) is 3.30. The van der Waals surface area contributed by atoms with Crippen molar-refractivity contribution in [1.29, 1.82) is 0 Å². The van der Waals surface area contributed by atoms with Gasteiger partial charge in [-0.15, -0.1) is 0 Å². The molecule has 0 aliphatic heterocycles. The maximum absolute atomic E-state index is 12.8. The number of hydrogen-bond acceptors (Lipinski definition) is 6. The van der Waals surface area contributed by atoms with Gasteiger partial charge in [-0.25, -0.2) is 0 Å². The van der Waals surface area contributed by atoms with Crippen molar-refractivity contribution in [2.24, 2.45) is 0 Å². The quantitative estimate of drug-likeness (QED) is 0.0262. The highest BCUT2D eigenvalue weighted by atomic mass is 16.6. The van der Waals surface area contributed by atoms with Crippen LogP contribution in [0.2, 0.25) is 0 Å². The number of ether oxygens (including phenoxy) is 3. The van der Waals surface area contributed by atoms with E-state index in [1.54, 1.807) is 0 Å². The van der Waals surface area contributed by atoms with Crippen LogP contribution in [0.3, 0.4) is 0 Å². The zero-order valence-electron chi connectivity index (χ0n) is 43.0. The summed E-state index contributed by atoms with van der Waals surface area (Å²) in [6.45, 7) is 6.53. The van der Waals surface area contributed by atoms with E-state index in [0.717, 1.165) is 96.3 Å². The molecule has 376 valence electrons. The van der Waals surface area contributed by atoms with Gasteiger partial charge in [-0.3, -0.25) is 14.4 Å². The third kappa shape index (κ3) is 51.9. The zero-order chi connectivity index (χ0) is 47.2. The minimum absolute atomic E-state index is 0.0738. The van der Waals surface area contributed by atoms with E-state index in [4.69, 9.17) is 14.2 Å². The van der Waals surface area contributed by atoms with Crippen LogP contribution in [0.1, 0.15) is 278 Å². The first-order chi connectivity index (χ1) is 32.0. The van der Waals surface area contributed by atoms with E-state index in [1.807, 2.05) is 0 Å². The fourth-order valence-corrected chi connectivity index (χ4v) is 7.88. The lowest BCUT2D eigenvalue weighted by molar-refractivity contribution is -0.167. The molecule has 0 radical (unpaired) electrons. The lowest BCUT2D eigenvalue weighted by Gasteiger charge is -2.18. The van der Waals surface area contributed by atoms with Crippen LogP contribution in [0.4, 0.5) is 0 Å². The fraction of sp³-hybridized carbons (Fsp3) is 0.780. The highest BCUT2D eigenvalue weighted by Crippen LogP contribution is 2.16. The van der Waals surface area contributed by atoms with Crippen LogP contribution >= 0.6 is 0 Å². The second-order valence-electron chi connectivity index (χ2n) is 18.5. The molecule has 0 aliphatic rings. The summed E-state index contributed by atoms with van der Waals surface area (Å²) in [6.07, 6.45) is 66.3. The Hall–Kier alpha value is -2.89. The summed E-state index contributed by atoms with van der Waals surface area (Å²) in [4.78, 5) is 38.0. The molecule has 0 fully saturated rings. The third-order valence-electron chi connectivity index (χ3n) is 12.0. The van der Waals surface area contributed by atoms with Crippen molar-refractivity contribution in [2.75, 3.05) is 13.2 Å². The molecule has 6 nitrogen and oxygen atoms in total. The van der Waals surface area contributed by atoms with Gasteiger partial charge in [0.1, 0.15) is 13.2 Å². The Labute approximate surface area is 402 Å². The molecular weight excluding hydrogens is 805 g/mol. The summed E-state index contributed by atoms with van der Waals surface area (Å²) in [7, 11) is 0. The van der Waals surface area contributed by atoms with Crippen LogP contribution in [0, 0.1) is 0 Å². The van der Waals surface area contributed by atoms with Gasteiger partial charge >= 0.3 is 17.9 Å². The Bertz CT molecular complexity index is 1180. The molecule has 0 aromatic heterocycles. The standard InChI is InChI=1S/C59H104O6/c1-4-7-10-13-16-19-22-24-25-26-27-28-29-30-31-32-33-35-37-40-43-46-49-52-58(61)64-55-56(54-63-57(60)51-48-45-42-39-36-21-18-15-12-9-6-3)65-59(62)53-50-47-44-41-38-34-23-20-17-14-11-8-5-2/h7,10,16,19,24-25,27-28,30-31,56H,4-6,8-9,11-15,17-18,20-23,26,29,32-55H2,1-3H3/b10-7-,19-16-,25-24-,28-27-,31-30-. The molecule has 0 N–H and O–H groups in total. The molecule has 6 heteroatoms. The normalized spacial score (nSPS) is 12.5. The van der Waals surface area contributed by atoms with Gasteiger partial charge in [0.25, 0.3) is 0 Å². The number of carbonyl (C=O) groups excluding carboxylic acids is 3. The molecule has 0 saturated carbocycles. The first-order valence-corrected chi connectivity index (χ1v) is 27.8. The molecular formula is C59H104O6. The van der Waals surface area contributed by atoms with Gasteiger partial charge < -0.3 is 14.2 Å². The molecule has 0 aromatic rings. The first-order valence-electron chi connectivity index (χ1n) is 27.8. The van der Waals surface area contributed by atoms with Gasteiger partial charge in [-0.1, -0.05) is 255 Å². The number of rotatable bonds is 50. The molecule has 0 heterocycles. The predicted molar refractivity (Wildman–Crippen MR) is 279 cm³/mol. The number of unbranched alkanes of at least 4 members (excludes halogenated alkanes) is 29. The van der Waals surface area contributed by atoms with Gasteiger partial charge in [0.2, 0.25) is 0 Å². The summed E-state index contributed by atoms with van der Waals surface area (Å²) in [6, 6.07) is 0. The Balaban J connectivity index is 4.30.